The largest absolute Gasteiger partial charge is 0.371 e. The molecule has 6 nitrogen and oxygen atoms in total. The Morgan fingerprint density at radius 3 is 2.83 bits per heavy atom. The average Bonchev–Trinajstić information content (AvgIpc) is 2.97. The highest BCUT2D eigenvalue weighted by Crippen LogP contribution is 2.17. The molecule has 0 radical (unpaired) electrons. The summed E-state index contributed by atoms with van der Waals surface area (Å²) in [6.07, 6.45) is 3.14. The number of aromatic nitrogens is 3. The molecule has 24 heavy (non-hydrogen) atoms. The van der Waals surface area contributed by atoms with E-state index >= 15 is 0 Å². The Bertz CT molecular complexity index is 865. The molecular weight excluding hydrogens is 304 g/mol. The van der Waals surface area contributed by atoms with Gasteiger partial charge in [0.2, 0.25) is 0 Å². The SMILES string of the molecule is CC(C)(C)OCc1cccc(NC(=O)c2cnn3ncccc23)c1. The molecule has 124 valence electrons. The monoisotopic (exact) mass is 324 g/mol. The van der Waals surface area contributed by atoms with E-state index in [1.54, 1.807) is 12.3 Å². The van der Waals surface area contributed by atoms with Crippen molar-refractivity contribution < 1.29 is 9.53 Å². The van der Waals surface area contributed by atoms with Gasteiger partial charge in [0, 0.05) is 11.9 Å². The van der Waals surface area contributed by atoms with Crippen molar-refractivity contribution in [1.29, 1.82) is 0 Å². The summed E-state index contributed by atoms with van der Waals surface area (Å²) in [5, 5.41) is 11.0. The summed E-state index contributed by atoms with van der Waals surface area (Å²) in [5.74, 6) is -0.216. The Morgan fingerprint density at radius 2 is 2.04 bits per heavy atom. The van der Waals surface area contributed by atoms with E-state index < -0.39 is 0 Å². The molecule has 0 unspecified atom stereocenters. The van der Waals surface area contributed by atoms with Gasteiger partial charge in [0.05, 0.1) is 24.0 Å². The minimum absolute atomic E-state index is 0.205. The highest BCUT2D eigenvalue weighted by atomic mass is 16.5. The number of ether oxygens (including phenoxy) is 1. The third-order valence-corrected chi connectivity index (χ3v) is 3.41. The maximum absolute atomic E-state index is 12.5. The van der Waals surface area contributed by atoms with E-state index in [4.69, 9.17) is 4.74 Å². The van der Waals surface area contributed by atoms with Crippen molar-refractivity contribution in [3.05, 3.63) is 59.9 Å². The minimum Gasteiger partial charge on any atom is -0.371 e. The molecule has 1 N–H and O–H groups in total. The van der Waals surface area contributed by atoms with Gasteiger partial charge in [-0.3, -0.25) is 4.79 Å². The molecule has 0 fully saturated rings. The Balaban J connectivity index is 1.75. The lowest BCUT2D eigenvalue weighted by Gasteiger charge is -2.19. The molecule has 1 aromatic carbocycles. The molecule has 0 atom stereocenters. The molecule has 0 aliphatic heterocycles. The van der Waals surface area contributed by atoms with Crippen LogP contribution in [-0.4, -0.2) is 26.3 Å². The maximum atomic E-state index is 12.5. The summed E-state index contributed by atoms with van der Waals surface area (Å²) in [5.41, 5.74) is 2.67. The molecule has 0 spiro atoms. The van der Waals surface area contributed by atoms with E-state index in [0.29, 0.717) is 17.7 Å². The van der Waals surface area contributed by atoms with E-state index in [-0.39, 0.29) is 11.5 Å². The first-order valence-electron chi connectivity index (χ1n) is 7.76. The van der Waals surface area contributed by atoms with Gasteiger partial charge in [-0.05, 0) is 50.6 Å². The number of fused-ring (bicyclic) bond motifs is 1. The molecule has 0 saturated heterocycles. The lowest BCUT2D eigenvalue weighted by atomic mass is 10.1. The van der Waals surface area contributed by atoms with Crippen LogP contribution in [0.1, 0.15) is 36.7 Å². The number of carbonyl (C=O) groups is 1. The second-order valence-corrected chi connectivity index (χ2v) is 6.51. The van der Waals surface area contributed by atoms with Crippen LogP contribution in [0.15, 0.2) is 48.8 Å². The molecule has 0 bridgehead atoms. The summed E-state index contributed by atoms with van der Waals surface area (Å²) in [6, 6.07) is 11.2. The number of hydrogen-bond donors (Lipinski definition) is 1. The highest BCUT2D eigenvalue weighted by Gasteiger charge is 2.14. The van der Waals surface area contributed by atoms with E-state index in [1.807, 2.05) is 51.1 Å². The lowest BCUT2D eigenvalue weighted by molar-refractivity contribution is -0.0149. The highest BCUT2D eigenvalue weighted by molar-refractivity contribution is 6.08. The molecule has 2 aromatic heterocycles. The Hall–Kier alpha value is -2.73. The molecule has 0 aliphatic carbocycles. The van der Waals surface area contributed by atoms with Crippen LogP contribution in [0.4, 0.5) is 5.69 Å². The smallest absolute Gasteiger partial charge is 0.259 e. The molecule has 3 rings (SSSR count). The minimum atomic E-state index is -0.216. The number of nitrogens with zero attached hydrogens (tertiary/aromatic N) is 3. The quantitative estimate of drug-likeness (QED) is 0.799. The third kappa shape index (κ3) is 3.78. The third-order valence-electron chi connectivity index (χ3n) is 3.41. The molecular formula is C18H20N4O2. The molecule has 6 heteroatoms. The fraction of sp³-hybridized carbons (Fsp3) is 0.278. The number of nitrogens with one attached hydrogen (secondary N) is 1. The van der Waals surface area contributed by atoms with Crippen molar-refractivity contribution in [3.63, 3.8) is 0 Å². The molecule has 2 heterocycles. The van der Waals surface area contributed by atoms with E-state index in [9.17, 15) is 4.79 Å². The van der Waals surface area contributed by atoms with E-state index in [0.717, 1.165) is 11.3 Å². The van der Waals surface area contributed by atoms with Gasteiger partial charge in [-0.15, -0.1) is 0 Å². The zero-order valence-corrected chi connectivity index (χ0v) is 14.0. The first-order chi connectivity index (χ1) is 11.4. The predicted octanol–water partition coefficient (Wildman–Crippen LogP) is 3.30. The van der Waals surface area contributed by atoms with Gasteiger partial charge < -0.3 is 10.1 Å². The van der Waals surface area contributed by atoms with Gasteiger partial charge in [0.15, 0.2) is 0 Å². The van der Waals surface area contributed by atoms with Gasteiger partial charge in [0.1, 0.15) is 5.52 Å². The number of anilines is 1. The van der Waals surface area contributed by atoms with Crippen molar-refractivity contribution in [1.82, 2.24) is 14.8 Å². The van der Waals surface area contributed by atoms with Crippen LogP contribution >= 0.6 is 0 Å². The summed E-state index contributed by atoms with van der Waals surface area (Å²) in [4.78, 5) is 12.5. The van der Waals surface area contributed by atoms with E-state index in [2.05, 4.69) is 15.5 Å². The van der Waals surface area contributed by atoms with Crippen LogP contribution < -0.4 is 5.32 Å². The number of hydrogen-bond acceptors (Lipinski definition) is 4. The molecule has 3 aromatic rings. The number of amides is 1. The van der Waals surface area contributed by atoms with Crippen LogP contribution in [0.2, 0.25) is 0 Å². The number of carbonyl (C=O) groups excluding carboxylic acids is 1. The topological polar surface area (TPSA) is 68.5 Å². The number of rotatable bonds is 4. The zero-order valence-electron chi connectivity index (χ0n) is 14.0. The fourth-order valence-electron chi connectivity index (χ4n) is 2.24. The normalized spacial score (nSPS) is 11.6. The lowest BCUT2D eigenvalue weighted by Crippen LogP contribution is -2.18. The Labute approximate surface area is 140 Å². The van der Waals surface area contributed by atoms with Crippen LogP contribution in [-0.2, 0) is 11.3 Å². The number of benzene rings is 1. The van der Waals surface area contributed by atoms with E-state index in [1.165, 1.54) is 10.8 Å². The average molecular weight is 324 g/mol. The van der Waals surface area contributed by atoms with Gasteiger partial charge >= 0.3 is 0 Å². The van der Waals surface area contributed by atoms with Crippen LogP contribution in [0.25, 0.3) is 5.52 Å². The van der Waals surface area contributed by atoms with Crippen LogP contribution in [0.5, 0.6) is 0 Å². The maximum Gasteiger partial charge on any atom is 0.259 e. The Kier molecular flexibility index (Phi) is 4.31. The van der Waals surface area contributed by atoms with Gasteiger partial charge in [0.25, 0.3) is 5.91 Å². The van der Waals surface area contributed by atoms with Gasteiger partial charge in [-0.2, -0.15) is 14.8 Å². The molecule has 0 saturated carbocycles. The summed E-state index contributed by atoms with van der Waals surface area (Å²) in [7, 11) is 0. The first-order valence-corrected chi connectivity index (χ1v) is 7.76. The van der Waals surface area contributed by atoms with Crippen molar-refractivity contribution in [2.75, 3.05) is 5.32 Å². The summed E-state index contributed by atoms with van der Waals surface area (Å²) in [6.45, 7) is 6.53. The van der Waals surface area contributed by atoms with Gasteiger partial charge in [-0.25, -0.2) is 0 Å². The first kappa shape index (κ1) is 16.1. The second kappa shape index (κ2) is 6.41. The summed E-state index contributed by atoms with van der Waals surface area (Å²) >= 11 is 0. The molecule has 0 aliphatic rings. The standard InChI is InChI=1S/C18H20N4O2/c1-18(2,3)24-12-13-6-4-7-14(10-13)21-17(23)15-11-20-22-16(15)8-5-9-19-22/h4-11H,12H2,1-3H3,(H,21,23). The van der Waals surface area contributed by atoms with Crippen LogP contribution in [0, 0.1) is 0 Å². The Morgan fingerprint density at radius 1 is 1.21 bits per heavy atom. The predicted molar refractivity (Wildman–Crippen MR) is 91.9 cm³/mol. The van der Waals surface area contributed by atoms with Crippen molar-refractivity contribution >= 4 is 17.1 Å². The molecule has 1 amide bonds. The van der Waals surface area contributed by atoms with Crippen LogP contribution in [0.3, 0.4) is 0 Å². The van der Waals surface area contributed by atoms with Crippen molar-refractivity contribution in [2.45, 2.75) is 33.0 Å². The van der Waals surface area contributed by atoms with Crippen molar-refractivity contribution in [3.8, 4) is 0 Å². The summed E-state index contributed by atoms with van der Waals surface area (Å²) < 4.78 is 7.20. The zero-order chi connectivity index (χ0) is 17.2. The second-order valence-electron chi connectivity index (χ2n) is 6.51. The fourth-order valence-corrected chi connectivity index (χ4v) is 2.24. The van der Waals surface area contributed by atoms with Crippen molar-refractivity contribution in [2.24, 2.45) is 0 Å². The van der Waals surface area contributed by atoms with Gasteiger partial charge in [-0.1, -0.05) is 12.1 Å².